The van der Waals surface area contributed by atoms with Gasteiger partial charge in [-0.15, -0.1) is 0 Å². The molecule has 0 saturated carbocycles. The van der Waals surface area contributed by atoms with Crippen molar-refractivity contribution in [2.24, 2.45) is 0 Å². The molecule has 0 aromatic heterocycles. The van der Waals surface area contributed by atoms with E-state index in [1.807, 2.05) is 6.92 Å². The molecule has 0 aliphatic rings. The molecule has 0 amide bonds. The van der Waals surface area contributed by atoms with Crippen molar-refractivity contribution in [2.75, 3.05) is 13.6 Å². The Kier molecular flexibility index (Phi) is 5.62. The number of halogens is 3. The number of nitrogens with zero attached hydrogens (tertiary/aromatic N) is 1. The summed E-state index contributed by atoms with van der Waals surface area (Å²) >= 11 is 0.447. The van der Waals surface area contributed by atoms with Crippen molar-refractivity contribution in [3.63, 3.8) is 0 Å². The van der Waals surface area contributed by atoms with Gasteiger partial charge in [0.15, 0.2) is 0 Å². The van der Waals surface area contributed by atoms with Gasteiger partial charge in [-0.2, -0.15) is 0 Å². The third kappa shape index (κ3) is 4.03. The van der Waals surface area contributed by atoms with Crippen LogP contribution in [0.5, 0.6) is 0 Å². The predicted molar refractivity (Wildman–Crippen MR) is 44.4 cm³/mol. The minimum absolute atomic E-state index is 0.447. The Morgan fingerprint density at radius 3 is 2.15 bits per heavy atom. The standard InChI is InChI=1S/C7H13F3NO.Sn/c1-4-11(3)5(2)6(12)7(8,9)10;/h5-6H,4H2,1-3H3;/q-1;+1. The Hall–Kier alpha value is 0.509. The fourth-order valence-electron chi connectivity index (χ4n) is 0.958. The summed E-state index contributed by atoms with van der Waals surface area (Å²) in [5, 5.41) is 0. The van der Waals surface area contributed by atoms with Crippen molar-refractivity contribution in [3.8, 4) is 0 Å². The van der Waals surface area contributed by atoms with Crippen molar-refractivity contribution in [2.45, 2.75) is 32.2 Å². The quantitative estimate of drug-likeness (QED) is 0.727. The van der Waals surface area contributed by atoms with Crippen molar-refractivity contribution in [3.05, 3.63) is 0 Å². The summed E-state index contributed by atoms with van der Waals surface area (Å²) in [7, 11) is 1.65. The molecule has 0 N–H and O–H groups in total. The summed E-state index contributed by atoms with van der Waals surface area (Å²) in [6.45, 7) is 3.91. The van der Waals surface area contributed by atoms with Gasteiger partial charge in [-0.3, -0.25) is 0 Å². The fourth-order valence-corrected chi connectivity index (χ4v) is 1.90. The van der Waals surface area contributed by atoms with Gasteiger partial charge in [0, 0.05) is 0 Å². The van der Waals surface area contributed by atoms with Crippen LogP contribution in [-0.4, -0.2) is 59.8 Å². The van der Waals surface area contributed by atoms with E-state index >= 15 is 0 Å². The Labute approximate surface area is 90.1 Å². The predicted octanol–water partition coefficient (Wildman–Crippen LogP) is 1.36. The van der Waals surface area contributed by atoms with Crippen molar-refractivity contribution >= 4 is 22.9 Å². The summed E-state index contributed by atoms with van der Waals surface area (Å²) < 4.78 is 41.5. The average Bonchev–Trinajstić information content (AvgIpc) is 2.01. The average molecular weight is 303 g/mol. The van der Waals surface area contributed by atoms with Crippen molar-refractivity contribution in [1.29, 1.82) is 0 Å². The Morgan fingerprint density at radius 2 is 1.92 bits per heavy atom. The van der Waals surface area contributed by atoms with Gasteiger partial charge in [0.25, 0.3) is 0 Å². The second kappa shape index (κ2) is 5.40. The van der Waals surface area contributed by atoms with E-state index < -0.39 is 18.3 Å². The van der Waals surface area contributed by atoms with E-state index in [1.165, 1.54) is 6.92 Å². The molecule has 0 aromatic rings. The number of rotatable bonds is 4. The second-order valence-corrected chi connectivity index (χ2v) is 3.57. The maximum atomic E-state index is 12.3. The fraction of sp³-hybridized carbons (Fsp3) is 1.00. The maximum absolute atomic E-state index is 12.3. The van der Waals surface area contributed by atoms with E-state index in [-0.39, 0.29) is 0 Å². The molecule has 6 heteroatoms. The molecule has 13 heavy (non-hydrogen) atoms. The molecule has 0 bridgehead atoms. The molecule has 0 aliphatic heterocycles. The van der Waals surface area contributed by atoms with Crippen LogP contribution in [-0.2, 0) is 3.07 Å². The normalized spacial score (nSPS) is 17.5. The van der Waals surface area contributed by atoms with Crippen LogP contribution in [0.25, 0.3) is 0 Å². The molecule has 2 atom stereocenters. The topological polar surface area (TPSA) is 12.5 Å². The number of hydrogen-bond donors (Lipinski definition) is 0. The van der Waals surface area contributed by atoms with Crippen LogP contribution in [0.4, 0.5) is 13.2 Å². The van der Waals surface area contributed by atoms with Gasteiger partial charge in [0.05, 0.1) is 0 Å². The molecule has 2 nitrogen and oxygen atoms in total. The van der Waals surface area contributed by atoms with E-state index in [2.05, 4.69) is 3.07 Å². The number of hydrogen-bond acceptors (Lipinski definition) is 2. The zero-order valence-electron chi connectivity index (χ0n) is 7.85. The van der Waals surface area contributed by atoms with Gasteiger partial charge in [-0.25, -0.2) is 0 Å². The monoisotopic (exact) mass is 304 g/mol. The molecule has 0 saturated heterocycles. The molecule has 0 heterocycles. The second-order valence-electron chi connectivity index (χ2n) is 2.89. The van der Waals surface area contributed by atoms with Crippen LogP contribution in [0, 0.1) is 0 Å². The van der Waals surface area contributed by atoms with Crippen LogP contribution < -0.4 is 0 Å². The van der Waals surface area contributed by atoms with Gasteiger partial charge >= 0.3 is 89.8 Å². The number of alkyl halides is 3. The molecule has 0 spiro atoms. The van der Waals surface area contributed by atoms with E-state index in [0.29, 0.717) is 29.5 Å². The summed E-state index contributed by atoms with van der Waals surface area (Å²) in [6, 6.07) is -0.635. The van der Waals surface area contributed by atoms with E-state index in [1.54, 1.807) is 11.9 Å². The first-order chi connectivity index (χ1) is 5.84. The van der Waals surface area contributed by atoms with E-state index in [4.69, 9.17) is 0 Å². The first kappa shape index (κ1) is 13.5. The van der Waals surface area contributed by atoms with Gasteiger partial charge < -0.3 is 0 Å². The SMILES string of the molecule is CCN(C)C(C)C([O][Sn])C(F)(F)F. The molecule has 0 rings (SSSR count). The zero-order chi connectivity index (χ0) is 10.6. The Balaban J connectivity index is 4.40. The third-order valence-electron chi connectivity index (χ3n) is 2.08. The van der Waals surface area contributed by atoms with Gasteiger partial charge in [-0.1, -0.05) is 0 Å². The van der Waals surface area contributed by atoms with Crippen LogP contribution in [0.1, 0.15) is 13.8 Å². The van der Waals surface area contributed by atoms with Gasteiger partial charge in [0.1, 0.15) is 0 Å². The van der Waals surface area contributed by atoms with Crippen molar-refractivity contribution < 1.29 is 16.2 Å². The van der Waals surface area contributed by atoms with Gasteiger partial charge in [0.2, 0.25) is 0 Å². The van der Waals surface area contributed by atoms with Gasteiger partial charge in [-0.05, 0) is 0 Å². The molecule has 3 radical (unpaired) electrons. The zero-order valence-corrected chi connectivity index (χ0v) is 10.7. The molecular formula is C7H13F3NOSn. The van der Waals surface area contributed by atoms with E-state index in [9.17, 15) is 13.2 Å². The summed E-state index contributed by atoms with van der Waals surface area (Å²) in [6.07, 6.45) is -5.94. The molecule has 0 aromatic carbocycles. The summed E-state index contributed by atoms with van der Waals surface area (Å²) in [5.41, 5.74) is 0. The first-order valence-corrected chi connectivity index (χ1v) is 5.10. The number of likely N-dealkylation sites (N-methyl/N-ethyl adjacent to an activating group) is 1. The van der Waals surface area contributed by atoms with E-state index in [0.717, 1.165) is 0 Å². The summed E-state index contributed by atoms with van der Waals surface area (Å²) in [5.74, 6) is 0. The Bertz CT molecular complexity index is 153. The summed E-state index contributed by atoms with van der Waals surface area (Å²) in [4.78, 5) is 1.61. The Morgan fingerprint density at radius 1 is 1.46 bits per heavy atom. The molecule has 77 valence electrons. The third-order valence-corrected chi connectivity index (χ3v) is 2.81. The van der Waals surface area contributed by atoms with Crippen LogP contribution in [0.2, 0.25) is 0 Å². The molecule has 0 fully saturated rings. The molecular weight excluding hydrogens is 290 g/mol. The first-order valence-electron chi connectivity index (χ1n) is 3.93. The van der Waals surface area contributed by atoms with Crippen molar-refractivity contribution in [1.82, 2.24) is 4.90 Å². The molecule has 0 aliphatic carbocycles. The van der Waals surface area contributed by atoms with Crippen LogP contribution in [0.3, 0.4) is 0 Å². The molecule has 2 unspecified atom stereocenters. The van der Waals surface area contributed by atoms with Crippen LogP contribution in [0.15, 0.2) is 0 Å². The minimum atomic E-state index is -4.27. The van der Waals surface area contributed by atoms with Crippen LogP contribution >= 0.6 is 0 Å².